The van der Waals surface area contributed by atoms with Gasteiger partial charge < -0.3 is 5.32 Å². The fraction of sp³-hybridized carbons (Fsp3) is 0.727. The Morgan fingerprint density at radius 1 is 1.53 bits per heavy atom. The molecule has 0 saturated heterocycles. The molecule has 84 valence electrons. The maximum Gasteiger partial charge on any atom is 0.0738 e. The third-order valence-corrected chi connectivity index (χ3v) is 3.89. The summed E-state index contributed by atoms with van der Waals surface area (Å²) in [7, 11) is 2.02. The molecule has 4 heteroatoms. The van der Waals surface area contributed by atoms with Gasteiger partial charge in [-0.1, -0.05) is 0 Å². The minimum Gasteiger partial charge on any atom is -0.314 e. The molecule has 0 unspecified atom stereocenters. The first-order valence-corrected chi connectivity index (χ1v) is 6.39. The Hall–Kier alpha value is -0.350. The monoisotopic (exact) mass is 271 g/mol. The van der Waals surface area contributed by atoms with E-state index in [1.54, 1.807) is 0 Å². The van der Waals surface area contributed by atoms with E-state index < -0.39 is 0 Å². The van der Waals surface area contributed by atoms with Gasteiger partial charge in [-0.05, 0) is 55.1 Å². The summed E-state index contributed by atoms with van der Waals surface area (Å²) in [6.45, 7) is 3.16. The Morgan fingerprint density at radius 2 is 2.27 bits per heavy atom. The van der Waals surface area contributed by atoms with Crippen LogP contribution in [0.4, 0.5) is 0 Å². The molecule has 0 atom stereocenters. The SMILES string of the molecule is Cc1nn(C)c(CCCNC2CC2)c1Br. The molecular formula is C11H18BrN3. The van der Waals surface area contributed by atoms with E-state index in [-0.39, 0.29) is 0 Å². The minimum atomic E-state index is 0.821. The zero-order valence-electron chi connectivity index (χ0n) is 9.39. The predicted molar refractivity (Wildman–Crippen MR) is 65.0 cm³/mol. The second kappa shape index (κ2) is 4.66. The van der Waals surface area contributed by atoms with E-state index in [0.717, 1.165) is 24.7 Å². The number of nitrogens with one attached hydrogen (secondary N) is 1. The highest BCUT2D eigenvalue weighted by atomic mass is 79.9. The van der Waals surface area contributed by atoms with Gasteiger partial charge >= 0.3 is 0 Å². The molecule has 0 amide bonds. The van der Waals surface area contributed by atoms with Crippen LogP contribution >= 0.6 is 15.9 Å². The fourth-order valence-corrected chi connectivity index (χ4v) is 2.34. The van der Waals surface area contributed by atoms with Gasteiger partial charge in [0.25, 0.3) is 0 Å². The van der Waals surface area contributed by atoms with Crippen LogP contribution in [-0.4, -0.2) is 22.4 Å². The third kappa shape index (κ3) is 2.82. The van der Waals surface area contributed by atoms with Gasteiger partial charge in [-0.25, -0.2) is 0 Å². The van der Waals surface area contributed by atoms with Crippen LogP contribution in [0.15, 0.2) is 4.47 Å². The number of hydrogen-bond acceptors (Lipinski definition) is 2. The fourth-order valence-electron chi connectivity index (χ4n) is 1.80. The first kappa shape index (κ1) is 11.1. The first-order chi connectivity index (χ1) is 7.18. The van der Waals surface area contributed by atoms with E-state index in [2.05, 4.69) is 26.3 Å². The van der Waals surface area contributed by atoms with Crippen molar-refractivity contribution in [2.75, 3.05) is 6.54 Å². The lowest BCUT2D eigenvalue weighted by molar-refractivity contribution is 0.619. The maximum absolute atomic E-state index is 4.39. The second-order valence-corrected chi connectivity index (χ2v) is 5.09. The van der Waals surface area contributed by atoms with E-state index in [4.69, 9.17) is 0 Å². The molecule has 1 fully saturated rings. The highest BCUT2D eigenvalue weighted by molar-refractivity contribution is 9.10. The first-order valence-electron chi connectivity index (χ1n) is 5.60. The van der Waals surface area contributed by atoms with Gasteiger partial charge in [0.2, 0.25) is 0 Å². The largest absolute Gasteiger partial charge is 0.314 e. The molecule has 1 aromatic rings. The highest BCUT2D eigenvalue weighted by Crippen LogP contribution is 2.22. The lowest BCUT2D eigenvalue weighted by atomic mass is 10.2. The van der Waals surface area contributed by atoms with Crippen molar-refractivity contribution in [1.82, 2.24) is 15.1 Å². The van der Waals surface area contributed by atoms with Crippen LogP contribution < -0.4 is 5.32 Å². The molecule has 0 aliphatic heterocycles. The molecule has 1 aliphatic carbocycles. The quantitative estimate of drug-likeness (QED) is 0.833. The van der Waals surface area contributed by atoms with Crippen LogP contribution in [-0.2, 0) is 13.5 Å². The van der Waals surface area contributed by atoms with Crippen LogP contribution in [0.2, 0.25) is 0 Å². The Kier molecular flexibility index (Phi) is 3.46. The molecule has 1 heterocycles. The van der Waals surface area contributed by atoms with Crippen molar-refractivity contribution < 1.29 is 0 Å². The summed E-state index contributed by atoms with van der Waals surface area (Å²) in [6, 6.07) is 0.821. The number of rotatable bonds is 5. The van der Waals surface area contributed by atoms with Gasteiger partial charge in [-0.15, -0.1) is 0 Å². The predicted octanol–water partition coefficient (Wildman–Crippen LogP) is 2.18. The van der Waals surface area contributed by atoms with Gasteiger partial charge in [-0.2, -0.15) is 5.10 Å². The Morgan fingerprint density at radius 3 is 2.80 bits per heavy atom. The van der Waals surface area contributed by atoms with Crippen molar-refractivity contribution in [2.45, 2.75) is 38.6 Å². The van der Waals surface area contributed by atoms with Crippen molar-refractivity contribution in [3.63, 3.8) is 0 Å². The molecule has 1 aromatic heterocycles. The Labute approximate surface area is 99.4 Å². The summed E-state index contributed by atoms with van der Waals surface area (Å²) in [4.78, 5) is 0. The summed E-state index contributed by atoms with van der Waals surface area (Å²) in [5, 5.41) is 7.91. The number of aryl methyl sites for hydroxylation is 2. The zero-order valence-corrected chi connectivity index (χ0v) is 11.0. The molecule has 1 aliphatic rings. The molecular weight excluding hydrogens is 254 g/mol. The van der Waals surface area contributed by atoms with E-state index in [0.29, 0.717) is 0 Å². The van der Waals surface area contributed by atoms with Gasteiger partial charge in [0.05, 0.1) is 15.9 Å². The second-order valence-electron chi connectivity index (χ2n) is 4.30. The van der Waals surface area contributed by atoms with Crippen LogP contribution in [0.3, 0.4) is 0 Å². The normalized spacial score (nSPS) is 15.9. The average molecular weight is 272 g/mol. The number of aromatic nitrogens is 2. The highest BCUT2D eigenvalue weighted by Gasteiger charge is 2.19. The summed E-state index contributed by atoms with van der Waals surface area (Å²) < 4.78 is 3.16. The summed E-state index contributed by atoms with van der Waals surface area (Å²) in [5.41, 5.74) is 2.40. The molecule has 1 saturated carbocycles. The Bertz CT molecular complexity index is 342. The van der Waals surface area contributed by atoms with Gasteiger partial charge in [0, 0.05) is 13.1 Å². The number of hydrogen-bond donors (Lipinski definition) is 1. The van der Waals surface area contributed by atoms with E-state index in [1.807, 2.05) is 18.7 Å². The zero-order chi connectivity index (χ0) is 10.8. The molecule has 2 rings (SSSR count). The third-order valence-electron chi connectivity index (χ3n) is 2.86. The molecule has 0 aromatic carbocycles. The molecule has 0 radical (unpaired) electrons. The van der Waals surface area contributed by atoms with Crippen molar-refractivity contribution >= 4 is 15.9 Å². The number of nitrogens with zero attached hydrogens (tertiary/aromatic N) is 2. The van der Waals surface area contributed by atoms with E-state index in [1.165, 1.54) is 29.4 Å². The minimum absolute atomic E-state index is 0.821. The van der Waals surface area contributed by atoms with Crippen LogP contribution in [0.1, 0.15) is 30.7 Å². The summed E-state index contributed by atoms with van der Waals surface area (Å²) in [6.07, 6.45) is 5.02. The lowest BCUT2D eigenvalue weighted by Crippen LogP contribution is -2.18. The van der Waals surface area contributed by atoms with E-state index >= 15 is 0 Å². The summed E-state index contributed by atoms with van der Waals surface area (Å²) in [5.74, 6) is 0. The summed E-state index contributed by atoms with van der Waals surface area (Å²) >= 11 is 3.59. The smallest absolute Gasteiger partial charge is 0.0738 e. The van der Waals surface area contributed by atoms with Crippen molar-refractivity contribution in [3.8, 4) is 0 Å². The van der Waals surface area contributed by atoms with E-state index in [9.17, 15) is 0 Å². The van der Waals surface area contributed by atoms with Crippen molar-refractivity contribution in [2.24, 2.45) is 7.05 Å². The standard InChI is InChI=1S/C11H18BrN3/c1-8-11(12)10(15(2)14-8)4-3-7-13-9-5-6-9/h9,13H,3-7H2,1-2H3. The van der Waals surface area contributed by atoms with Crippen LogP contribution in [0.5, 0.6) is 0 Å². The molecule has 3 nitrogen and oxygen atoms in total. The average Bonchev–Trinajstić information content (AvgIpc) is 2.96. The molecule has 0 bridgehead atoms. The lowest BCUT2D eigenvalue weighted by Gasteiger charge is -2.04. The molecule has 0 spiro atoms. The topological polar surface area (TPSA) is 29.9 Å². The van der Waals surface area contributed by atoms with Crippen molar-refractivity contribution in [3.05, 3.63) is 15.9 Å². The van der Waals surface area contributed by atoms with Gasteiger partial charge in [0.1, 0.15) is 0 Å². The number of halogens is 1. The maximum atomic E-state index is 4.39. The Balaban J connectivity index is 1.81. The van der Waals surface area contributed by atoms with Crippen LogP contribution in [0, 0.1) is 6.92 Å². The van der Waals surface area contributed by atoms with Crippen molar-refractivity contribution in [1.29, 1.82) is 0 Å². The van der Waals surface area contributed by atoms with Gasteiger partial charge in [-0.3, -0.25) is 4.68 Å². The van der Waals surface area contributed by atoms with Gasteiger partial charge in [0.15, 0.2) is 0 Å². The van der Waals surface area contributed by atoms with Crippen LogP contribution in [0.25, 0.3) is 0 Å². The molecule has 1 N–H and O–H groups in total. The molecule has 15 heavy (non-hydrogen) atoms.